The normalized spacial score (nSPS) is 12.7. The molecule has 78 valence electrons. The molecule has 0 aliphatic carbocycles. The molecule has 1 aliphatic heterocycles. The lowest BCUT2D eigenvalue weighted by molar-refractivity contribution is 1.11. The molecule has 0 spiro atoms. The standard InChI is InChI=1S/C12H11N.BH3.FH/c1-3-7-11(8-4-1)12-9-5-2-6-10-13-12;;/h1-10,13H;1H3;1H. The zero-order valence-corrected chi connectivity index (χ0v) is 7.68. The summed E-state index contributed by atoms with van der Waals surface area (Å²) in [6, 6.07) is 10.3. The molecular weight excluding hydrogens is 188 g/mol. The number of halogens is 1. The molecule has 1 aromatic carbocycles. The summed E-state index contributed by atoms with van der Waals surface area (Å²) in [7, 11) is 0. The quantitative estimate of drug-likeness (QED) is 0.684. The molecule has 1 N–H and O–H groups in total. The number of hydrogen-bond donors (Lipinski definition) is 1. The number of rotatable bonds is 1. The van der Waals surface area contributed by atoms with Gasteiger partial charge in [0.1, 0.15) is 0 Å². The fourth-order valence-electron chi connectivity index (χ4n) is 1.25. The topological polar surface area (TPSA) is 12.0 Å². The van der Waals surface area contributed by atoms with Crippen LogP contribution >= 0.6 is 0 Å². The Morgan fingerprint density at radius 1 is 0.867 bits per heavy atom. The molecule has 0 amide bonds. The molecule has 0 saturated heterocycles. The largest absolute Gasteiger partial charge is 0.361 e. The van der Waals surface area contributed by atoms with E-state index in [1.165, 1.54) is 5.56 Å². The molecule has 3 heteroatoms. The van der Waals surface area contributed by atoms with Gasteiger partial charge >= 0.3 is 0 Å². The van der Waals surface area contributed by atoms with Crippen LogP contribution in [0.5, 0.6) is 0 Å². The zero-order chi connectivity index (χ0) is 8.93. The van der Waals surface area contributed by atoms with E-state index in [0.717, 1.165) is 5.70 Å². The van der Waals surface area contributed by atoms with Crippen LogP contribution in [0.25, 0.3) is 5.70 Å². The van der Waals surface area contributed by atoms with Crippen LogP contribution in [0.3, 0.4) is 0 Å². The van der Waals surface area contributed by atoms with E-state index in [1.54, 1.807) is 0 Å². The van der Waals surface area contributed by atoms with Gasteiger partial charge in [0.2, 0.25) is 0 Å². The number of hydrogen-bond acceptors (Lipinski definition) is 1. The van der Waals surface area contributed by atoms with Crippen molar-refractivity contribution in [2.75, 3.05) is 0 Å². The van der Waals surface area contributed by atoms with Crippen LogP contribution in [0.2, 0.25) is 0 Å². The summed E-state index contributed by atoms with van der Waals surface area (Å²) in [4.78, 5) is 0. The van der Waals surface area contributed by atoms with Crippen LogP contribution < -0.4 is 5.32 Å². The summed E-state index contributed by atoms with van der Waals surface area (Å²) >= 11 is 0. The van der Waals surface area contributed by atoms with Gasteiger partial charge in [-0.2, -0.15) is 0 Å². The Bertz CT molecular complexity index is 368. The maximum absolute atomic E-state index is 3.22. The molecule has 0 saturated carbocycles. The second-order valence-electron chi connectivity index (χ2n) is 2.83. The van der Waals surface area contributed by atoms with Crippen molar-refractivity contribution in [3.05, 3.63) is 66.4 Å². The number of benzene rings is 1. The molecule has 0 atom stereocenters. The summed E-state index contributed by atoms with van der Waals surface area (Å²) in [5.41, 5.74) is 2.34. The molecule has 1 aliphatic rings. The summed E-state index contributed by atoms with van der Waals surface area (Å²) < 4.78 is 0. The third-order valence-electron chi connectivity index (χ3n) is 1.90. The van der Waals surface area contributed by atoms with Gasteiger partial charge in [0.25, 0.3) is 0 Å². The van der Waals surface area contributed by atoms with Crippen molar-refractivity contribution in [3.8, 4) is 0 Å². The fourth-order valence-corrected chi connectivity index (χ4v) is 1.25. The van der Waals surface area contributed by atoms with Gasteiger partial charge in [-0.15, -0.1) is 0 Å². The zero-order valence-electron chi connectivity index (χ0n) is 7.68. The molecule has 0 aromatic heterocycles. The Hall–Kier alpha value is -1.77. The van der Waals surface area contributed by atoms with Gasteiger partial charge in [-0.3, -0.25) is 4.70 Å². The first-order valence-corrected chi connectivity index (χ1v) is 4.32. The summed E-state index contributed by atoms with van der Waals surface area (Å²) in [5, 5.41) is 3.22. The van der Waals surface area contributed by atoms with Crippen LogP contribution in [0.4, 0.5) is 4.70 Å². The van der Waals surface area contributed by atoms with Gasteiger partial charge in [0.05, 0.1) is 8.41 Å². The molecule has 0 unspecified atom stereocenters. The van der Waals surface area contributed by atoms with Crippen LogP contribution in [0, 0.1) is 0 Å². The molecule has 0 fully saturated rings. The van der Waals surface area contributed by atoms with Crippen molar-refractivity contribution in [2.45, 2.75) is 0 Å². The van der Waals surface area contributed by atoms with E-state index in [0.29, 0.717) is 0 Å². The van der Waals surface area contributed by atoms with E-state index in [4.69, 9.17) is 0 Å². The predicted molar refractivity (Wildman–Crippen MR) is 68.3 cm³/mol. The van der Waals surface area contributed by atoms with E-state index in [9.17, 15) is 0 Å². The Kier molecular flexibility index (Phi) is 5.87. The minimum Gasteiger partial charge on any atom is -0.361 e. The van der Waals surface area contributed by atoms with Gasteiger partial charge in [0.15, 0.2) is 0 Å². The second-order valence-corrected chi connectivity index (χ2v) is 2.83. The van der Waals surface area contributed by atoms with Gasteiger partial charge < -0.3 is 5.32 Å². The van der Waals surface area contributed by atoms with Crippen LogP contribution in [-0.4, -0.2) is 8.41 Å². The molecule has 15 heavy (non-hydrogen) atoms. The SMILES string of the molecule is B.C1=CC=C(c2ccccc2)NC=C1.F. The van der Waals surface area contributed by atoms with Gasteiger partial charge in [0, 0.05) is 11.9 Å². The van der Waals surface area contributed by atoms with E-state index >= 15 is 0 Å². The van der Waals surface area contributed by atoms with Crippen LogP contribution in [-0.2, 0) is 0 Å². The highest BCUT2D eigenvalue weighted by molar-refractivity contribution is 5.75. The van der Waals surface area contributed by atoms with Gasteiger partial charge in [-0.05, 0) is 17.7 Å². The lowest BCUT2D eigenvalue weighted by atomic mass is 10.1. The summed E-state index contributed by atoms with van der Waals surface area (Å²) in [5.74, 6) is 0. The van der Waals surface area contributed by atoms with Crippen molar-refractivity contribution in [2.24, 2.45) is 0 Å². The molecule has 1 heterocycles. The number of nitrogens with one attached hydrogen (secondary N) is 1. The second kappa shape index (κ2) is 6.65. The van der Waals surface area contributed by atoms with E-state index in [2.05, 4.69) is 23.5 Å². The van der Waals surface area contributed by atoms with Crippen molar-refractivity contribution in [1.82, 2.24) is 5.32 Å². The average Bonchev–Trinajstić information content (AvgIpc) is 2.47. The maximum atomic E-state index is 3.22. The third kappa shape index (κ3) is 3.46. The van der Waals surface area contributed by atoms with Gasteiger partial charge in [-0.1, -0.05) is 42.5 Å². The van der Waals surface area contributed by atoms with E-state index in [-0.39, 0.29) is 13.1 Å². The van der Waals surface area contributed by atoms with Crippen molar-refractivity contribution < 1.29 is 4.70 Å². The summed E-state index contributed by atoms with van der Waals surface area (Å²) in [6.07, 6.45) is 10.0. The minimum atomic E-state index is 0. The monoisotopic (exact) mass is 203 g/mol. The Labute approximate surface area is 91.1 Å². The smallest absolute Gasteiger partial charge is 0.0814 e. The number of allylic oxidation sites excluding steroid dienone is 4. The van der Waals surface area contributed by atoms with Crippen molar-refractivity contribution in [3.63, 3.8) is 0 Å². The van der Waals surface area contributed by atoms with E-state index < -0.39 is 0 Å². The molecule has 1 nitrogen and oxygen atoms in total. The molecule has 2 rings (SSSR count). The molecule has 1 aromatic rings. The summed E-state index contributed by atoms with van der Waals surface area (Å²) in [6.45, 7) is 0. The molecule has 0 radical (unpaired) electrons. The van der Waals surface area contributed by atoms with Crippen LogP contribution in [0.15, 0.2) is 60.8 Å². The molecule has 0 bridgehead atoms. The third-order valence-corrected chi connectivity index (χ3v) is 1.90. The highest BCUT2D eigenvalue weighted by Crippen LogP contribution is 2.11. The maximum Gasteiger partial charge on any atom is 0.0814 e. The van der Waals surface area contributed by atoms with Crippen LogP contribution in [0.1, 0.15) is 5.56 Å². The first-order chi connectivity index (χ1) is 6.47. The highest BCUT2D eigenvalue weighted by Gasteiger charge is 1.96. The molecular formula is C12H15BFN. The van der Waals surface area contributed by atoms with Crippen molar-refractivity contribution >= 4 is 14.1 Å². The first kappa shape index (κ1) is 13.2. The lowest BCUT2D eigenvalue weighted by Crippen LogP contribution is -2.02. The van der Waals surface area contributed by atoms with Gasteiger partial charge in [-0.25, -0.2) is 0 Å². The Balaban J connectivity index is 0.000000980. The lowest BCUT2D eigenvalue weighted by Gasteiger charge is -2.04. The predicted octanol–water partition coefficient (Wildman–Crippen LogP) is 1.67. The Morgan fingerprint density at radius 3 is 2.33 bits per heavy atom. The fraction of sp³-hybridized carbons (Fsp3) is 0. The van der Waals surface area contributed by atoms with Crippen molar-refractivity contribution in [1.29, 1.82) is 0 Å². The van der Waals surface area contributed by atoms with E-state index in [1.807, 2.05) is 42.6 Å². The Morgan fingerprint density at radius 2 is 1.60 bits per heavy atom. The first-order valence-electron chi connectivity index (χ1n) is 4.32. The average molecular weight is 203 g/mol. The minimum absolute atomic E-state index is 0. The highest BCUT2D eigenvalue weighted by atomic mass is 19.0.